The molecule has 0 bridgehead atoms. The third-order valence-corrected chi connectivity index (χ3v) is 6.07. The highest BCUT2D eigenvalue weighted by atomic mass is 35.5. The topological polar surface area (TPSA) is 66.5 Å². The molecule has 0 saturated heterocycles. The van der Waals surface area contributed by atoms with Gasteiger partial charge >= 0.3 is 0 Å². The van der Waals surface area contributed by atoms with Crippen LogP contribution in [0.5, 0.6) is 0 Å². The van der Waals surface area contributed by atoms with E-state index in [9.17, 15) is 13.2 Å². The van der Waals surface area contributed by atoms with Crippen molar-refractivity contribution in [1.29, 1.82) is 0 Å². The molecule has 0 unspecified atom stereocenters. The molecule has 2 aromatic rings. The van der Waals surface area contributed by atoms with Crippen molar-refractivity contribution in [3.05, 3.63) is 59.1 Å². The van der Waals surface area contributed by atoms with Crippen molar-refractivity contribution in [2.45, 2.75) is 38.1 Å². The molecule has 1 N–H and O–H groups in total. The Labute approximate surface area is 160 Å². The quantitative estimate of drug-likeness (QED) is 0.777. The van der Waals surface area contributed by atoms with Crippen LogP contribution in [0.15, 0.2) is 53.4 Å². The van der Waals surface area contributed by atoms with Crippen molar-refractivity contribution in [3.8, 4) is 0 Å². The zero-order chi connectivity index (χ0) is 19.3. The Hall–Kier alpha value is -2.05. The summed E-state index contributed by atoms with van der Waals surface area (Å²) in [4.78, 5) is 12.5. The van der Waals surface area contributed by atoms with Gasteiger partial charge in [-0.15, -0.1) is 0 Å². The molecule has 0 aliphatic heterocycles. The van der Waals surface area contributed by atoms with Gasteiger partial charge in [0.15, 0.2) is 0 Å². The van der Waals surface area contributed by atoms with Crippen LogP contribution in [0, 0.1) is 6.92 Å². The molecule has 26 heavy (non-hydrogen) atoms. The highest BCUT2D eigenvalue weighted by Gasteiger charge is 2.28. The van der Waals surface area contributed by atoms with E-state index in [1.807, 2.05) is 13.8 Å². The van der Waals surface area contributed by atoms with Crippen LogP contribution in [0.3, 0.4) is 0 Å². The summed E-state index contributed by atoms with van der Waals surface area (Å²) in [6.45, 7) is 5.29. The molecule has 1 atom stereocenters. The number of carbonyl (C=O) groups excluding carboxylic acids is 1. The van der Waals surface area contributed by atoms with Crippen LogP contribution < -0.4 is 9.62 Å². The number of rotatable bonds is 7. The summed E-state index contributed by atoms with van der Waals surface area (Å²) in [6.07, 6.45) is 0.761. The van der Waals surface area contributed by atoms with Crippen LogP contribution >= 0.6 is 11.6 Å². The van der Waals surface area contributed by atoms with Gasteiger partial charge in [-0.2, -0.15) is 0 Å². The molecule has 0 aliphatic rings. The van der Waals surface area contributed by atoms with Crippen molar-refractivity contribution < 1.29 is 13.2 Å². The summed E-state index contributed by atoms with van der Waals surface area (Å²) >= 11 is 6.00. The zero-order valence-electron chi connectivity index (χ0n) is 15.1. The first-order chi connectivity index (χ1) is 12.3. The lowest BCUT2D eigenvalue weighted by Gasteiger charge is -2.26. The Morgan fingerprint density at radius 2 is 1.85 bits per heavy atom. The van der Waals surface area contributed by atoms with E-state index < -0.39 is 10.0 Å². The normalized spacial score (nSPS) is 12.5. The fraction of sp³-hybridized carbons (Fsp3) is 0.316. The fourth-order valence-corrected chi connectivity index (χ4v) is 4.20. The van der Waals surface area contributed by atoms with E-state index in [0.29, 0.717) is 16.3 Å². The summed E-state index contributed by atoms with van der Waals surface area (Å²) < 4.78 is 27.5. The second-order valence-corrected chi connectivity index (χ2v) is 8.43. The van der Waals surface area contributed by atoms with Gasteiger partial charge in [-0.3, -0.25) is 9.10 Å². The molecule has 5 nitrogen and oxygen atoms in total. The summed E-state index contributed by atoms with van der Waals surface area (Å²) in [5.41, 5.74) is 1.10. The number of anilines is 1. The second-order valence-electron chi connectivity index (χ2n) is 6.13. The van der Waals surface area contributed by atoms with Crippen molar-refractivity contribution in [1.82, 2.24) is 5.32 Å². The number of hydrogen-bond donors (Lipinski definition) is 1. The minimum Gasteiger partial charge on any atom is -0.352 e. The van der Waals surface area contributed by atoms with Crippen LogP contribution in [0.1, 0.15) is 25.8 Å². The lowest BCUT2D eigenvalue weighted by Crippen LogP contribution is -2.43. The van der Waals surface area contributed by atoms with E-state index in [-0.39, 0.29) is 23.4 Å². The van der Waals surface area contributed by atoms with Crippen LogP contribution in [-0.4, -0.2) is 26.9 Å². The number of sulfonamides is 1. The Morgan fingerprint density at radius 1 is 1.19 bits per heavy atom. The first-order valence-corrected chi connectivity index (χ1v) is 10.2. The molecular weight excluding hydrogens is 372 g/mol. The standard InChI is InChI=1S/C19H23ClN2O3S/c1-4-15(3)21-19(23)13-22(18-11-10-16(20)12-14(18)2)26(24,25)17-8-6-5-7-9-17/h5-12,15H,4,13H2,1-3H3,(H,21,23)/t15-/m1/s1. The summed E-state index contributed by atoms with van der Waals surface area (Å²) in [5, 5.41) is 3.32. The van der Waals surface area contributed by atoms with Gasteiger partial charge in [-0.05, 0) is 56.2 Å². The van der Waals surface area contributed by atoms with Gasteiger partial charge in [0.25, 0.3) is 10.0 Å². The number of nitrogens with zero attached hydrogens (tertiary/aromatic N) is 1. The Balaban J connectivity index is 2.47. The number of aryl methyl sites for hydroxylation is 1. The van der Waals surface area contributed by atoms with Gasteiger partial charge in [0.1, 0.15) is 6.54 Å². The number of amides is 1. The van der Waals surface area contributed by atoms with Crippen molar-refractivity contribution in [2.75, 3.05) is 10.8 Å². The average molecular weight is 395 g/mol. The Kier molecular flexibility index (Phi) is 6.67. The average Bonchev–Trinajstić information content (AvgIpc) is 2.60. The van der Waals surface area contributed by atoms with E-state index >= 15 is 0 Å². The number of carbonyl (C=O) groups is 1. The molecule has 0 spiro atoms. The first-order valence-electron chi connectivity index (χ1n) is 8.39. The maximum atomic E-state index is 13.2. The Morgan fingerprint density at radius 3 is 2.42 bits per heavy atom. The SMILES string of the molecule is CC[C@@H](C)NC(=O)CN(c1ccc(Cl)cc1C)S(=O)(=O)c1ccccc1. The van der Waals surface area contributed by atoms with Gasteiger partial charge in [0, 0.05) is 11.1 Å². The third-order valence-electron chi connectivity index (χ3n) is 4.07. The minimum absolute atomic E-state index is 0.0323. The summed E-state index contributed by atoms with van der Waals surface area (Å²) in [6, 6.07) is 13.0. The lowest BCUT2D eigenvalue weighted by molar-refractivity contribution is -0.120. The van der Waals surface area contributed by atoms with Crippen LogP contribution in [-0.2, 0) is 14.8 Å². The molecular formula is C19H23ClN2O3S. The van der Waals surface area contributed by atoms with Gasteiger partial charge in [0.2, 0.25) is 5.91 Å². The molecule has 2 rings (SSSR count). The molecule has 0 saturated carbocycles. The number of halogens is 1. The minimum atomic E-state index is -3.90. The van der Waals surface area contributed by atoms with Crippen LogP contribution in [0.25, 0.3) is 0 Å². The molecule has 7 heteroatoms. The van der Waals surface area contributed by atoms with E-state index in [2.05, 4.69) is 5.32 Å². The van der Waals surface area contributed by atoms with Gasteiger partial charge in [0.05, 0.1) is 10.6 Å². The molecule has 140 valence electrons. The smallest absolute Gasteiger partial charge is 0.264 e. The highest BCUT2D eigenvalue weighted by molar-refractivity contribution is 7.92. The van der Waals surface area contributed by atoms with E-state index in [0.717, 1.165) is 10.7 Å². The molecule has 1 amide bonds. The van der Waals surface area contributed by atoms with Crippen LogP contribution in [0.2, 0.25) is 5.02 Å². The number of hydrogen-bond acceptors (Lipinski definition) is 3. The summed E-state index contributed by atoms with van der Waals surface area (Å²) in [7, 11) is -3.90. The number of nitrogens with one attached hydrogen (secondary N) is 1. The Bertz CT molecular complexity index is 870. The molecule has 0 heterocycles. The summed E-state index contributed by atoms with van der Waals surface area (Å²) in [5.74, 6) is -0.354. The van der Waals surface area contributed by atoms with E-state index in [4.69, 9.17) is 11.6 Å². The number of benzene rings is 2. The van der Waals surface area contributed by atoms with Crippen molar-refractivity contribution >= 4 is 33.2 Å². The molecule has 0 aromatic heterocycles. The van der Waals surface area contributed by atoms with E-state index in [1.165, 1.54) is 12.1 Å². The third kappa shape index (κ3) is 4.77. The van der Waals surface area contributed by atoms with E-state index in [1.54, 1.807) is 43.3 Å². The fourth-order valence-electron chi connectivity index (χ4n) is 2.47. The van der Waals surface area contributed by atoms with Gasteiger partial charge in [-0.25, -0.2) is 8.42 Å². The molecule has 0 radical (unpaired) electrons. The maximum Gasteiger partial charge on any atom is 0.264 e. The zero-order valence-corrected chi connectivity index (χ0v) is 16.6. The van der Waals surface area contributed by atoms with Crippen molar-refractivity contribution in [2.24, 2.45) is 0 Å². The predicted octanol–water partition coefficient (Wildman–Crippen LogP) is 3.76. The maximum absolute atomic E-state index is 13.2. The van der Waals surface area contributed by atoms with Crippen LogP contribution in [0.4, 0.5) is 5.69 Å². The highest BCUT2D eigenvalue weighted by Crippen LogP contribution is 2.28. The first kappa shape index (κ1) is 20.3. The van der Waals surface area contributed by atoms with Crippen molar-refractivity contribution in [3.63, 3.8) is 0 Å². The molecule has 2 aromatic carbocycles. The second kappa shape index (κ2) is 8.56. The lowest BCUT2D eigenvalue weighted by atomic mass is 10.2. The molecule has 0 fully saturated rings. The largest absolute Gasteiger partial charge is 0.352 e. The monoisotopic (exact) mass is 394 g/mol. The van der Waals surface area contributed by atoms with Gasteiger partial charge in [-0.1, -0.05) is 36.7 Å². The predicted molar refractivity (Wildman–Crippen MR) is 105 cm³/mol. The van der Waals surface area contributed by atoms with Gasteiger partial charge < -0.3 is 5.32 Å². The molecule has 0 aliphatic carbocycles.